The van der Waals surface area contributed by atoms with Crippen molar-refractivity contribution >= 4 is 46.0 Å². The second kappa shape index (κ2) is 8.62. The van der Waals surface area contributed by atoms with Crippen molar-refractivity contribution in [3.63, 3.8) is 0 Å². The summed E-state index contributed by atoms with van der Waals surface area (Å²) in [4.78, 5) is 28.1. The summed E-state index contributed by atoms with van der Waals surface area (Å²) >= 11 is 7.42. The number of hydrogen-bond donors (Lipinski definition) is 2. The van der Waals surface area contributed by atoms with Crippen LogP contribution in [0.1, 0.15) is 12.0 Å². The van der Waals surface area contributed by atoms with Gasteiger partial charge in [-0.25, -0.2) is 4.98 Å². The number of nitrogens with one attached hydrogen (secondary N) is 1. The van der Waals surface area contributed by atoms with Crippen molar-refractivity contribution in [2.75, 3.05) is 5.32 Å². The number of nitrogens with zero attached hydrogens (tertiary/aromatic N) is 1. The van der Waals surface area contributed by atoms with Crippen molar-refractivity contribution in [3.8, 4) is 11.3 Å². The summed E-state index contributed by atoms with van der Waals surface area (Å²) in [6.45, 7) is 0. The largest absolute Gasteiger partial charge is 0.481 e. The maximum atomic E-state index is 12.6. The minimum absolute atomic E-state index is 0.142. The number of aromatic nitrogens is 1. The van der Waals surface area contributed by atoms with Crippen molar-refractivity contribution in [3.05, 3.63) is 76.1 Å². The molecule has 0 bridgehead atoms. The number of aliphatic carboxylic acids is 1. The van der Waals surface area contributed by atoms with E-state index in [9.17, 15) is 9.59 Å². The molecule has 1 aromatic heterocycles. The highest BCUT2D eigenvalue weighted by atomic mass is 35.5. The Labute approximate surface area is 165 Å². The maximum Gasteiger partial charge on any atom is 0.308 e. The van der Waals surface area contributed by atoms with Crippen LogP contribution in [0, 0.1) is 0 Å². The number of carbonyl (C=O) groups is 2. The van der Waals surface area contributed by atoms with Crippen LogP contribution in [0.2, 0.25) is 5.02 Å². The summed E-state index contributed by atoms with van der Waals surface area (Å²) in [6, 6.07) is 16.4. The van der Waals surface area contributed by atoms with Crippen molar-refractivity contribution < 1.29 is 14.7 Å². The Kier molecular flexibility index (Phi) is 6.01. The van der Waals surface area contributed by atoms with Crippen LogP contribution >= 0.6 is 22.9 Å². The van der Waals surface area contributed by atoms with Crippen molar-refractivity contribution in [1.82, 2.24) is 4.98 Å². The molecular weight excluding hydrogens is 384 g/mol. The monoisotopic (exact) mass is 398 g/mol. The molecule has 1 amide bonds. The molecule has 0 radical (unpaired) electrons. The predicted molar refractivity (Wildman–Crippen MR) is 108 cm³/mol. The fourth-order valence-electron chi connectivity index (χ4n) is 2.41. The van der Waals surface area contributed by atoms with E-state index in [2.05, 4.69) is 10.3 Å². The molecule has 136 valence electrons. The van der Waals surface area contributed by atoms with E-state index in [4.69, 9.17) is 16.7 Å². The summed E-state index contributed by atoms with van der Waals surface area (Å²) in [5, 5.41) is 14.5. The summed E-state index contributed by atoms with van der Waals surface area (Å²) in [6.07, 6.45) is 1.18. The number of carboxylic acids is 1. The van der Waals surface area contributed by atoms with Gasteiger partial charge >= 0.3 is 5.97 Å². The number of halogens is 1. The molecule has 1 heterocycles. The van der Waals surface area contributed by atoms with E-state index in [0.717, 1.165) is 11.1 Å². The highest BCUT2D eigenvalue weighted by Crippen LogP contribution is 2.30. The van der Waals surface area contributed by atoms with E-state index in [1.807, 2.05) is 36.4 Å². The van der Waals surface area contributed by atoms with Gasteiger partial charge in [-0.05, 0) is 17.7 Å². The number of rotatable bonds is 6. The smallest absolute Gasteiger partial charge is 0.308 e. The van der Waals surface area contributed by atoms with Crippen molar-refractivity contribution in [1.29, 1.82) is 0 Å². The van der Waals surface area contributed by atoms with Gasteiger partial charge in [-0.15, -0.1) is 11.3 Å². The Morgan fingerprint density at radius 2 is 1.81 bits per heavy atom. The maximum absolute atomic E-state index is 12.6. The number of carboxylic acid groups (broad SMARTS) is 1. The van der Waals surface area contributed by atoms with Crippen LogP contribution in [0.3, 0.4) is 0 Å². The summed E-state index contributed by atoms with van der Waals surface area (Å²) in [5.74, 6) is -1.58. The first-order valence-corrected chi connectivity index (χ1v) is 9.28. The van der Waals surface area contributed by atoms with Gasteiger partial charge in [0, 0.05) is 21.5 Å². The van der Waals surface area contributed by atoms with E-state index >= 15 is 0 Å². The first kappa shape index (κ1) is 18.8. The Morgan fingerprint density at radius 3 is 2.52 bits per heavy atom. The SMILES string of the molecule is O=C(O)CC(=Cc1ccccc1)C(=O)Nc1nc(-c2ccccc2Cl)cs1. The first-order valence-electron chi connectivity index (χ1n) is 8.02. The lowest BCUT2D eigenvalue weighted by molar-refractivity contribution is -0.136. The van der Waals surface area contributed by atoms with Crippen LogP contribution < -0.4 is 5.32 Å². The second-order valence-electron chi connectivity index (χ2n) is 5.62. The van der Waals surface area contributed by atoms with Crippen LogP contribution in [0.15, 0.2) is 65.6 Å². The molecule has 0 aliphatic rings. The Hall–Kier alpha value is -2.96. The van der Waals surface area contributed by atoms with E-state index in [0.29, 0.717) is 15.8 Å². The molecule has 0 fully saturated rings. The van der Waals surface area contributed by atoms with Gasteiger partial charge < -0.3 is 5.11 Å². The molecule has 0 aliphatic heterocycles. The topological polar surface area (TPSA) is 79.3 Å². The lowest BCUT2D eigenvalue weighted by Crippen LogP contribution is -2.16. The lowest BCUT2D eigenvalue weighted by Gasteiger charge is -2.05. The zero-order valence-electron chi connectivity index (χ0n) is 14.1. The van der Waals surface area contributed by atoms with E-state index in [1.54, 1.807) is 29.7 Å². The van der Waals surface area contributed by atoms with Gasteiger partial charge in [0.25, 0.3) is 5.91 Å². The van der Waals surface area contributed by atoms with Gasteiger partial charge in [0.2, 0.25) is 0 Å². The van der Waals surface area contributed by atoms with Crippen LogP contribution in [-0.2, 0) is 9.59 Å². The standard InChI is InChI=1S/C20H15ClN2O3S/c21-16-9-5-4-8-15(16)17-12-27-20(22-17)23-19(26)14(11-18(24)25)10-13-6-2-1-3-7-13/h1-10,12H,11H2,(H,24,25)(H,22,23,26). The Balaban J connectivity index is 1.81. The predicted octanol–water partition coefficient (Wildman–Crippen LogP) is 4.96. The fourth-order valence-corrected chi connectivity index (χ4v) is 3.35. The minimum Gasteiger partial charge on any atom is -0.481 e. The molecule has 3 aromatic rings. The zero-order valence-corrected chi connectivity index (χ0v) is 15.6. The molecule has 27 heavy (non-hydrogen) atoms. The van der Waals surface area contributed by atoms with Crippen LogP contribution in [-0.4, -0.2) is 22.0 Å². The summed E-state index contributed by atoms with van der Waals surface area (Å²) < 4.78 is 0. The number of hydrogen-bond acceptors (Lipinski definition) is 4. The minimum atomic E-state index is -1.08. The molecule has 0 saturated carbocycles. The quantitative estimate of drug-likeness (QED) is 0.575. The Morgan fingerprint density at radius 1 is 1.11 bits per heavy atom. The lowest BCUT2D eigenvalue weighted by atomic mass is 10.1. The molecule has 3 rings (SSSR count). The van der Waals surface area contributed by atoms with E-state index < -0.39 is 11.9 Å². The van der Waals surface area contributed by atoms with E-state index in [1.165, 1.54) is 11.3 Å². The van der Waals surface area contributed by atoms with Gasteiger partial charge in [0.15, 0.2) is 5.13 Å². The zero-order chi connectivity index (χ0) is 19.2. The fraction of sp³-hybridized carbons (Fsp3) is 0.0500. The molecule has 5 nitrogen and oxygen atoms in total. The highest BCUT2D eigenvalue weighted by Gasteiger charge is 2.16. The normalized spacial score (nSPS) is 11.2. The average Bonchev–Trinajstić information content (AvgIpc) is 3.10. The number of carbonyl (C=O) groups excluding carboxylic acids is 1. The second-order valence-corrected chi connectivity index (χ2v) is 6.89. The van der Waals surface area contributed by atoms with Crippen molar-refractivity contribution in [2.45, 2.75) is 6.42 Å². The third-order valence-corrected chi connectivity index (χ3v) is 4.74. The number of anilines is 1. The first-order chi connectivity index (χ1) is 13.0. The molecular formula is C20H15ClN2O3S. The summed E-state index contributed by atoms with van der Waals surface area (Å²) in [7, 11) is 0. The number of amides is 1. The van der Waals surface area contributed by atoms with E-state index in [-0.39, 0.29) is 12.0 Å². The van der Waals surface area contributed by atoms with Gasteiger partial charge in [0.1, 0.15) is 0 Å². The average molecular weight is 399 g/mol. The third kappa shape index (κ3) is 5.03. The third-order valence-electron chi connectivity index (χ3n) is 3.65. The van der Waals surface area contributed by atoms with Crippen molar-refractivity contribution in [2.24, 2.45) is 0 Å². The molecule has 7 heteroatoms. The highest BCUT2D eigenvalue weighted by molar-refractivity contribution is 7.14. The van der Waals surface area contributed by atoms with Crippen LogP contribution in [0.5, 0.6) is 0 Å². The molecule has 2 N–H and O–H groups in total. The molecule has 0 spiro atoms. The number of benzene rings is 2. The molecule has 0 saturated heterocycles. The van der Waals surface area contributed by atoms with Gasteiger partial charge in [-0.2, -0.15) is 0 Å². The van der Waals surface area contributed by atoms with Gasteiger partial charge in [-0.3, -0.25) is 14.9 Å². The molecule has 0 aliphatic carbocycles. The van der Waals surface area contributed by atoms with Crippen LogP contribution in [0.4, 0.5) is 5.13 Å². The Bertz CT molecular complexity index is 999. The van der Waals surface area contributed by atoms with Gasteiger partial charge in [0.05, 0.1) is 12.1 Å². The van der Waals surface area contributed by atoms with Crippen LogP contribution in [0.25, 0.3) is 17.3 Å². The molecule has 2 aromatic carbocycles. The van der Waals surface area contributed by atoms with Gasteiger partial charge in [-0.1, -0.05) is 60.1 Å². The number of thiazole rings is 1. The summed E-state index contributed by atoms with van der Waals surface area (Å²) in [5.41, 5.74) is 2.30. The molecule has 0 unspecified atom stereocenters. The molecule has 0 atom stereocenters.